The second-order valence-electron chi connectivity index (χ2n) is 6.33. The predicted octanol–water partition coefficient (Wildman–Crippen LogP) is 2.08. The van der Waals surface area contributed by atoms with Crippen molar-refractivity contribution in [2.45, 2.75) is 50.6 Å². The average Bonchev–Trinajstić information content (AvgIpc) is 3.07. The van der Waals surface area contributed by atoms with Crippen LogP contribution >= 0.6 is 12.4 Å². The van der Waals surface area contributed by atoms with Gasteiger partial charge in [0.2, 0.25) is 5.91 Å². The van der Waals surface area contributed by atoms with Gasteiger partial charge >= 0.3 is 6.03 Å². The molecular weight excluding hydrogens is 340 g/mol. The summed E-state index contributed by atoms with van der Waals surface area (Å²) in [5.74, 6) is -0.0770. The minimum atomic E-state index is -0.774. The molecule has 3 amide bonds. The normalized spacial score (nSPS) is 15.1. The molecule has 0 saturated heterocycles. The zero-order valence-electron chi connectivity index (χ0n) is 14.6. The van der Waals surface area contributed by atoms with Crippen LogP contribution in [0.4, 0.5) is 4.79 Å². The van der Waals surface area contributed by atoms with E-state index in [1.165, 1.54) is 0 Å². The van der Waals surface area contributed by atoms with Crippen molar-refractivity contribution in [3.8, 4) is 0 Å². The third kappa shape index (κ3) is 6.55. The van der Waals surface area contributed by atoms with Crippen molar-refractivity contribution in [3.63, 3.8) is 0 Å². The smallest absolute Gasteiger partial charge is 0.315 e. The lowest BCUT2D eigenvalue weighted by atomic mass is 9.96. The number of nitrogens with two attached hydrogens (primary N) is 1. The van der Waals surface area contributed by atoms with E-state index in [9.17, 15) is 9.59 Å². The number of benzene rings is 1. The predicted molar refractivity (Wildman–Crippen MR) is 102 cm³/mol. The first-order chi connectivity index (χ1) is 11.7. The number of unbranched alkanes of at least 4 members (excludes halogenated alkanes) is 1. The van der Waals surface area contributed by atoms with Crippen molar-refractivity contribution >= 4 is 24.3 Å². The fourth-order valence-electron chi connectivity index (χ4n) is 3.07. The highest BCUT2D eigenvalue weighted by Gasteiger charge is 2.42. The first kappa shape index (κ1) is 21.3. The van der Waals surface area contributed by atoms with E-state index in [1.807, 2.05) is 30.3 Å². The Balaban J connectivity index is 0.00000312. The number of halogens is 1. The zero-order chi connectivity index (χ0) is 17.3. The number of urea groups is 1. The molecular formula is C18H29ClN4O2. The SMILES string of the molecule is Cl.NCCCCNC(=O)C1(NC(=O)NCc2ccccc2)CCCC1. The van der Waals surface area contributed by atoms with Gasteiger partial charge in [-0.1, -0.05) is 43.2 Å². The van der Waals surface area contributed by atoms with Crippen LogP contribution in [0.5, 0.6) is 0 Å². The fourth-order valence-corrected chi connectivity index (χ4v) is 3.07. The summed E-state index contributed by atoms with van der Waals surface area (Å²) in [5, 5.41) is 8.69. The Morgan fingerprint density at radius 3 is 2.36 bits per heavy atom. The first-order valence-electron chi connectivity index (χ1n) is 8.74. The quantitative estimate of drug-likeness (QED) is 0.529. The zero-order valence-corrected chi connectivity index (χ0v) is 15.4. The van der Waals surface area contributed by atoms with Crippen LogP contribution in [0.1, 0.15) is 44.1 Å². The topological polar surface area (TPSA) is 96.2 Å². The van der Waals surface area contributed by atoms with E-state index in [-0.39, 0.29) is 24.3 Å². The first-order valence-corrected chi connectivity index (χ1v) is 8.74. The molecule has 2 rings (SSSR count). The van der Waals surface area contributed by atoms with Crippen LogP contribution in [0.2, 0.25) is 0 Å². The molecule has 5 N–H and O–H groups in total. The molecule has 0 heterocycles. The molecule has 0 atom stereocenters. The number of hydrogen-bond donors (Lipinski definition) is 4. The molecule has 0 bridgehead atoms. The van der Waals surface area contributed by atoms with Gasteiger partial charge in [0.25, 0.3) is 0 Å². The Bertz CT molecular complexity index is 533. The van der Waals surface area contributed by atoms with E-state index >= 15 is 0 Å². The second kappa shape index (κ2) is 10.9. The molecule has 1 saturated carbocycles. The molecule has 1 aliphatic rings. The van der Waals surface area contributed by atoms with Crippen molar-refractivity contribution in [1.29, 1.82) is 0 Å². The van der Waals surface area contributed by atoms with Crippen LogP contribution in [-0.4, -0.2) is 30.6 Å². The van der Waals surface area contributed by atoms with Gasteiger partial charge in [-0.05, 0) is 37.8 Å². The number of hydrogen-bond acceptors (Lipinski definition) is 3. The molecule has 0 spiro atoms. The van der Waals surface area contributed by atoms with Crippen molar-refractivity contribution in [1.82, 2.24) is 16.0 Å². The fraction of sp³-hybridized carbons (Fsp3) is 0.556. The highest BCUT2D eigenvalue weighted by Crippen LogP contribution is 2.29. The van der Waals surface area contributed by atoms with Gasteiger partial charge in [0.1, 0.15) is 5.54 Å². The van der Waals surface area contributed by atoms with Crippen LogP contribution in [0.25, 0.3) is 0 Å². The van der Waals surface area contributed by atoms with Crippen molar-refractivity contribution < 1.29 is 9.59 Å². The van der Waals surface area contributed by atoms with Gasteiger partial charge in [0.15, 0.2) is 0 Å². The largest absolute Gasteiger partial charge is 0.354 e. The maximum absolute atomic E-state index is 12.6. The molecule has 1 aromatic carbocycles. The summed E-state index contributed by atoms with van der Waals surface area (Å²) in [6.45, 7) is 1.67. The maximum Gasteiger partial charge on any atom is 0.315 e. The monoisotopic (exact) mass is 368 g/mol. The molecule has 1 aliphatic carbocycles. The Hall–Kier alpha value is -1.79. The summed E-state index contributed by atoms with van der Waals surface area (Å²) in [6, 6.07) is 9.42. The highest BCUT2D eigenvalue weighted by molar-refractivity contribution is 5.91. The van der Waals surface area contributed by atoms with E-state index in [2.05, 4.69) is 16.0 Å². The molecule has 0 aliphatic heterocycles. The third-order valence-electron chi connectivity index (χ3n) is 4.46. The molecule has 0 radical (unpaired) electrons. The Labute approximate surface area is 155 Å². The van der Waals surface area contributed by atoms with Crippen LogP contribution in [0.15, 0.2) is 30.3 Å². The van der Waals surface area contributed by atoms with Gasteiger partial charge in [-0.25, -0.2) is 4.79 Å². The molecule has 140 valence electrons. The summed E-state index contributed by atoms with van der Waals surface area (Å²) in [5.41, 5.74) is 5.72. The average molecular weight is 369 g/mol. The van der Waals surface area contributed by atoms with E-state index in [4.69, 9.17) is 5.73 Å². The summed E-state index contributed by atoms with van der Waals surface area (Å²) >= 11 is 0. The van der Waals surface area contributed by atoms with Crippen molar-refractivity contribution in [2.75, 3.05) is 13.1 Å². The number of carbonyl (C=O) groups is 2. The number of nitrogens with one attached hydrogen (secondary N) is 3. The lowest BCUT2D eigenvalue weighted by Crippen LogP contribution is -2.59. The number of carbonyl (C=O) groups excluding carboxylic acids is 2. The van der Waals surface area contributed by atoms with E-state index < -0.39 is 5.54 Å². The summed E-state index contributed by atoms with van der Waals surface area (Å²) in [6.07, 6.45) is 5.03. The van der Waals surface area contributed by atoms with Crippen LogP contribution in [-0.2, 0) is 11.3 Å². The molecule has 1 aromatic rings. The molecule has 0 aromatic heterocycles. The van der Waals surface area contributed by atoms with E-state index in [1.54, 1.807) is 0 Å². The highest BCUT2D eigenvalue weighted by atomic mass is 35.5. The van der Waals surface area contributed by atoms with Gasteiger partial charge in [-0.15, -0.1) is 12.4 Å². The lowest BCUT2D eigenvalue weighted by molar-refractivity contribution is -0.127. The molecule has 0 unspecified atom stereocenters. The minimum absolute atomic E-state index is 0. The third-order valence-corrected chi connectivity index (χ3v) is 4.46. The van der Waals surface area contributed by atoms with Gasteiger partial charge in [-0.2, -0.15) is 0 Å². The summed E-state index contributed by atoms with van der Waals surface area (Å²) in [7, 11) is 0. The molecule has 1 fully saturated rings. The minimum Gasteiger partial charge on any atom is -0.354 e. The van der Waals surface area contributed by atoms with Crippen molar-refractivity contribution in [3.05, 3.63) is 35.9 Å². The summed E-state index contributed by atoms with van der Waals surface area (Å²) < 4.78 is 0. The van der Waals surface area contributed by atoms with Crippen LogP contribution in [0.3, 0.4) is 0 Å². The van der Waals surface area contributed by atoms with Crippen molar-refractivity contribution in [2.24, 2.45) is 5.73 Å². The van der Waals surface area contributed by atoms with Crippen LogP contribution < -0.4 is 21.7 Å². The lowest BCUT2D eigenvalue weighted by Gasteiger charge is -2.29. The Morgan fingerprint density at radius 2 is 1.72 bits per heavy atom. The van der Waals surface area contributed by atoms with E-state index in [0.29, 0.717) is 32.5 Å². The Kier molecular flexibility index (Phi) is 9.31. The Morgan fingerprint density at radius 1 is 1.04 bits per heavy atom. The van der Waals surface area contributed by atoms with Gasteiger partial charge in [0.05, 0.1) is 0 Å². The van der Waals surface area contributed by atoms with Gasteiger partial charge in [0, 0.05) is 13.1 Å². The van der Waals surface area contributed by atoms with Gasteiger partial charge in [-0.3, -0.25) is 4.79 Å². The number of rotatable bonds is 8. The van der Waals surface area contributed by atoms with Crippen LogP contribution in [0, 0.1) is 0 Å². The standard InChI is InChI=1S/C18H28N4O2.ClH/c19-12-6-7-13-20-16(23)18(10-4-5-11-18)22-17(24)21-14-15-8-2-1-3-9-15;/h1-3,8-9H,4-7,10-14,19H2,(H,20,23)(H2,21,22,24);1H. The van der Waals surface area contributed by atoms with E-state index in [0.717, 1.165) is 31.2 Å². The maximum atomic E-state index is 12.6. The summed E-state index contributed by atoms with van der Waals surface area (Å²) in [4.78, 5) is 24.8. The second-order valence-corrected chi connectivity index (χ2v) is 6.33. The molecule has 25 heavy (non-hydrogen) atoms. The number of amides is 3. The molecule has 7 heteroatoms. The van der Waals surface area contributed by atoms with Gasteiger partial charge < -0.3 is 21.7 Å². The molecule has 6 nitrogen and oxygen atoms in total.